The van der Waals surface area contributed by atoms with Gasteiger partial charge in [-0.25, -0.2) is 0 Å². The Hall–Kier alpha value is -5.80. The fraction of sp³-hybridized carbons (Fsp3) is 0.231. The fourth-order valence-corrected chi connectivity index (χ4v) is 7.25. The van der Waals surface area contributed by atoms with Crippen LogP contribution in [-0.4, -0.2) is 9.97 Å². The number of anilines is 3. The van der Waals surface area contributed by atoms with E-state index in [0.29, 0.717) is 0 Å². The Labute approximate surface area is 328 Å². The molecule has 0 unspecified atom stereocenters. The standard InChI is InChI=1S/C52H53N3/c1-34-21-22-35(2)50(23-34)55(44-26-40(24-42(28-44)51(5,6)7)48-30-46(36(3)32-53-48)38-17-13-11-14-18-38)45-27-41(25-43(29-45)52(8,9)10)49-31-47(37(4)33-54-49)39-19-15-12-16-20-39/h11-33H,1-10H3. The van der Waals surface area contributed by atoms with Crippen LogP contribution in [0.4, 0.5) is 17.1 Å². The van der Waals surface area contributed by atoms with Gasteiger partial charge >= 0.3 is 0 Å². The lowest BCUT2D eigenvalue weighted by Gasteiger charge is -2.32. The van der Waals surface area contributed by atoms with E-state index in [1.807, 2.05) is 12.4 Å². The van der Waals surface area contributed by atoms with Gasteiger partial charge in [0.2, 0.25) is 0 Å². The summed E-state index contributed by atoms with van der Waals surface area (Å²) < 4.78 is 0. The van der Waals surface area contributed by atoms with Crippen LogP contribution in [0.3, 0.4) is 0 Å². The van der Waals surface area contributed by atoms with Crippen molar-refractivity contribution in [1.82, 2.24) is 9.97 Å². The Balaban J connectivity index is 1.49. The van der Waals surface area contributed by atoms with Crippen LogP contribution in [0.15, 0.2) is 140 Å². The van der Waals surface area contributed by atoms with Crippen molar-refractivity contribution >= 4 is 17.1 Å². The molecule has 0 aliphatic rings. The van der Waals surface area contributed by atoms with E-state index in [-0.39, 0.29) is 10.8 Å². The van der Waals surface area contributed by atoms with E-state index in [9.17, 15) is 0 Å². The van der Waals surface area contributed by atoms with Crippen molar-refractivity contribution in [3.63, 3.8) is 0 Å². The third-order valence-corrected chi connectivity index (χ3v) is 10.7. The molecule has 2 heterocycles. The Bertz CT molecular complexity index is 2330. The van der Waals surface area contributed by atoms with Crippen LogP contribution in [-0.2, 0) is 10.8 Å². The maximum atomic E-state index is 5.05. The molecular formula is C52H53N3. The molecule has 7 rings (SSSR count). The molecule has 3 heteroatoms. The molecule has 0 spiro atoms. The van der Waals surface area contributed by atoms with E-state index in [4.69, 9.17) is 9.97 Å². The zero-order chi connectivity index (χ0) is 39.1. The lowest BCUT2D eigenvalue weighted by molar-refractivity contribution is 0.590. The third-order valence-electron chi connectivity index (χ3n) is 10.7. The van der Waals surface area contributed by atoms with Gasteiger partial charge in [0.1, 0.15) is 0 Å². The highest BCUT2D eigenvalue weighted by molar-refractivity contribution is 5.85. The maximum absolute atomic E-state index is 5.05. The van der Waals surface area contributed by atoms with Gasteiger partial charge in [-0.1, -0.05) is 114 Å². The van der Waals surface area contributed by atoms with Gasteiger partial charge in [0, 0.05) is 40.6 Å². The van der Waals surface area contributed by atoms with E-state index in [1.165, 1.54) is 44.5 Å². The van der Waals surface area contributed by atoms with E-state index in [0.717, 1.165) is 50.7 Å². The predicted molar refractivity (Wildman–Crippen MR) is 235 cm³/mol. The normalized spacial score (nSPS) is 11.8. The van der Waals surface area contributed by atoms with Crippen LogP contribution >= 0.6 is 0 Å². The van der Waals surface area contributed by atoms with Crippen molar-refractivity contribution in [2.24, 2.45) is 0 Å². The summed E-state index contributed by atoms with van der Waals surface area (Å²) in [7, 11) is 0. The first-order valence-corrected chi connectivity index (χ1v) is 19.4. The number of hydrogen-bond acceptors (Lipinski definition) is 3. The molecule has 55 heavy (non-hydrogen) atoms. The molecule has 3 nitrogen and oxygen atoms in total. The van der Waals surface area contributed by atoms with Crippen molar-refractivity contribution < 1.29 is 0 Å². The van der Waals surface area contributed by atoms with E-state index < -0.39 is 0 Å². The van der Waals surface area contributed by atoms with Gasteiger partial charge in [-0.2, -0.15) is 0 Å². The minimum Gasteiger partial charge on any atom is -0.310 e. The molecule has 0 atom stereocenters. The maximum Gasteiger partial charge on any atom is 0.0709 e. The summed E-state index contributed by atoms with van der Waals surface area (Å²) in [5, 5.41) is 0. The molecular weight excluding hydrogens is 667 g/mol. The summed E-state index contributed by atoms with van der Waals surface area (Å²) in [6, 6.07) is 46.6. The number of aromatic nitrogens is 2. The van der Waals surface area contributed by atoms with E-state index >= 15 is 0 Å². The van der Waals surface area contributed by atoms with E-state index in [2.05, 4.69) is 202 Å². The highest BCUT2D eigenvalue weighted by Gasteiger charge is 2.25. The molecule has 7 aromatic rings. The molecule has 2 aromatic heterocycles. The smallest absolute Gasteiger partial charge is 0.0709 e. The topological polar surface area (TPSA) is 29.0 Å². The second-order valence-corrected chi connectivity index (χ2v) is 17.2. The molecule has 0 bridgehead atoms. The van der Waals surface area contributed by atoms with Gasteiger partial charge in [0.05, 0.1) is 11.4 Å². The Morgan fingerprint density at radius 2 is 0.855 bits per heavy atom. The van der Waals surface area contributed by atoms with Crippen molar-refractivity contribution in [3.05, 3.63) is 173 Å². The van der Waals surface area contributed by atoms with Crippen LogP contribution < -0.4 is 4.90 Å². The van der Waals surface area contributed by atoms with Crippen LogP contribution in [0, 0.1) is 27.7 Å². The Morgan fingerprint density at radius 3 is 1.27 bits per heavy atom. The average Bonchev–Trinajstić information content (AvgIpc) is 3.16. The quantitative estimate of drug-likeness (QED) is 0.164. The number of pyridine rings is 2. The molecule has 0 aliphatic carbocycles. The lowest BCUT2D eigenvalue weighted by atomic mass is 9.84. The fourth-order valence-electron chi connectivity index (χ4n) is 7.25. The lowest BCUT2D eigenvalue weighted by Crippen LogP contribution is -2.17. The minimum absolute atomic E-state index is 0.108. The predicted octanol–water partition coefficient (Wildman–Crippen LogP) is 14.4. The zero-order valence-corrected chi connectivity index (χ0v) is 34.1. The minimum atomic E-state index is -0.108. The van der Waals surface area contributed by atoms with Gasteiger partial charge in [-0.3, -0.25) is 9.97 Å². The second kappa shape index (κ2) is 14.8. The first-order chi connectivity index (χ1) is 26.2. The van der Waals surface area contributed by atoms with Gasteiger partial charge in [0.15, 0.2) is 0 Å². The monoisotopic (exact) mass is 719 g/mol. The molecule has 5 aromatic carbocycles. The molecule has 0 N–H and O–H groups in total. The molecule has 0 fully saturated rings. The summed E-state index contributed by atoms with van der Waals surface area (Å²) in [5.41, 5.74) is 19.2. The Morgan fingerprint density at radius 1 is 0.418 bits per heavy atom. The number of rotatable bonds is 7. The first-order valence-electron chi connectivity index (χ1n) is 19.4. The van der Waals surface area contributed by atoms with Crippen molar-refractivity contribution in [1.29, 1.82) is 0 Å². The van der Waals surface area contributed by atoms with Crippen LogP contribution in [0.2, 0.25) is 0 Å². The number of hydrogen-bond donors (Lipinski definition) is 0. The van der Waals surface area contributed by atoms with Crippen LogP contribution in [0.5, 0.6) is 0 Å². The van der Waals surface area contributed by atoms with Gasteiger partial charge in [-0.15, -0.1) is 0 Å². The van der Waals surface area contributed by atoms with Gasteiger partial charge in [0.25, 0.3) is 0 Å². The number of aryl methyl sites for hydroxylation is 4. The summed E-state index contributed by atoms with van der Waals surface area (Å²) >= 11 is 0. The summed E-state index contributed by atoms with van der Waals surface area (Å²) in [4.78, 5) is 12.6. The van der Waals surface area contributed by atoms with Crippen molar-refractivity contribution in [3.8, 4) is 44.8 Å². The second-order valence-electron chi connectivity index (χ2n) is 17.2. The number of benzene rings is 5. The summed E-state index contributed by atoms with van der Waals surface area (Å²) in [6.07, 6.45) is 4.03. The number of nitrogens with zero attached hydrogens (tertiary/aromatic N) is 3. The van der Waals surface area contributed by atoms with Gasteiger partial charge in [-0.05, 0) is 149 Å². The molecule has 0 saturated heterocycles. The van der Waals surface area contributed by atoms with Crippen molar-refractivity contribution in [2.75, 3.05) is 4.90 Å². The Kier molecular flexibility index (Phi) is 10.1. The average molecular weight is 720 g/mol. The first kappa shape index (κ1) is 37.5. The van der Waals surface area contributed by atoms with Crippen LogP contribution in [0.1, 0.15) is 74.9 Å². The largest absolute Gasteiger partial charge is 0.310 e. The SMILES string of the molecule is Cc1ccc(C)c(N(c2cc(-c3cc(-c4ccccc4)c(C)cn3)cc(C(C)(C)C)c2)c2cc(-c3cc(-c4ccccc4)c(C)cn3)cc(C(C)(C)C)c2)c1. The highest BCUT2D eigenvalue weighted by atomic mass is 15.1. The molecule has 276 valence electrons. The van der Waals surface area contributed by atoms with Gasteiger partial charge < -0.3 is 4.90 Å². The summed E-state index contributed by atoms with van der Waals surface area (Å²) in [5.74, 6) is 0. The molecule has 0 amide bonds. The third kappa shape index (κ3) is 8.03. The highest BCUT2D eigenvalue weighted by Crippen LogP contribution is 2.44. The summed E-state index contributed by atoms with van der Waals surface area (Å²) in [6.45, 7) is 22.4. The van der Waals surface area contributed by atoms with E-state index in [1.54, 1.807) is 0 Å². The molecule has 0 radical (unpaired) electrons. The molecule has 0 aliphatic heterocycles. The molecule has 0 saturated carbocycles. The van der Waals surface area contributed by atoms with Crippen LogP contribution in [0.25, 0.3) is 44.8 Å². The van der Waals surface area contributed by atoms with Crippen molar-refractivity contribution in [2.45, 2.75) is 80.1 Å². The zero-order valence-electron chi connectivity index (χ0n) is 34.1.